The van der Waals surface area contributed by atoms with Crippen LogP contribution in [0.25, 0.3) is 33.0 Å². The van der Waals surface area contributed by atoms with Crippen molar-refractivity contribution in [2.75, 3.05) is 0 Å². The van der Waals surface area contributed by atoms with E-state index < -0.39 is 17.5 Å². The third kappa shape index (κ3) is 4.25. The Labute approximate surface area is 175 Å². The van der Waals surface area contributed by atoms with Gasteiger partial charge in [-0.2, -0.15) is 0 Å². The topological polar surface area (TPSA) is 0 Å². The van der Waals surface area contributed by atoms with Gasteiger partial charge in [0, 0.05) is 0 Å². The van der Waals surface area contributed by atoms with E-state index in [-0.39, 0.29) is 5.56 Å². The number of unbranched alkanes of at least 4 members (excludes halogenated alkanes) is 2. The Morgan fingerprint density at radius 3 is 1.93 bits per heavy atom. The van der Waals surface area contributed by atoms with E-state index in [4.69, 9.17) is 0 Å². The first-order valence-electron chi connectivity index (χ1n) is 10.3. The molecule has 0 aromatic heterocycles. The molecular weight excluding hydrogens is 381 g/mol. The Balaban J connectivity index is 1.66. The fourth-order valence-corrected chi connectivity index (χ4v) is 3.84. The van der Waals surface area contributed by atoms with Crippen molar-refractivity contribution in [1.29, 1.82) is 0 Å². The fourth-order valence-electron chi connectivity index (χ4n) is 3.84. The second kappa shape index (κ2) is 8.74. The van der Waals surface area contributed by atoms with Crippen molar-refractivity contribution < 1.29 is 13.2 Å². The lowest BCUT2D eigenvalue weighted by molar-refractivity contribution is 0.590. The van der Waals surface area contributed by atoms with Gasteiger partial charge >= 0.3 is 0 Å². The Morgan fingerprint density at radius 1 is 0.600 bits per heavy atom. The molecule has 0 radical (unpaired) electrons. The smallest absolute Gasteiger partial charge is 0.134 e. The Bertz CT molecular complexity index is 1150. The highest BCUT2D eigenvalue weighted by Gasteiger charge is 2.14. The first-order chi connectivity index (χ1) is 14.5. The highest BCUT2D eigenvalue weighted by atomic mass is 19.1. The van der Waals surface area contributed by atoms with Crippen LogP contribution in [0.3, 0.4) is 0 Å². The zero-order valence-electron chi connectivity index (χ0n) is 16.9. The molecule has 4 aromatic carbocycles. The highest BCUT2D eigenvalue weighted by molar-refractivity contribution is 5.88. The molecule has 4 rings (SSSR count). The first kappa shape index (κ1) is 20.2. The molecule has 0 bridgehead atoms. The summed E-state index contributed by atoms with van der Waals surface area (Å²) in [5.74, 6) is -1.77. The quantitative estimate of drug-likeness (QED) is 0.283. The van der Waals surface area contributed by atoms with E-state index in [0.29, 0.717) is 11.1 Å². The van der Waals surface area contributed by atoms with Crippen LogP contribution < -0.4 is 0 Å². The van der Waals surface area contributed by atoms with E-state index in [1.165, 1.54) is 61.2 Å². The maximum absolute atomic E-state index is 14.8. The van der Waals surface area contributed by atoms with Gasteiger partial charge in [-0.3, -0.25) is 0 Å². The number of halogens is 3. The minimum atomic E-state index is -0.664. The van der Waals surface area contributed by atoms with Gasteiger partial charge in [-0.15, -0.1) is 0 Å². The molecule has 0 aliphatic heterocycles. The minimum Gasteiger partial charge on any atom is -0.207 e. The molecule has 0 saturated carbocycles. The van der Waals surface area contributed by atoms with Crippen LogP contribution in [-0.2, 0) is 6.42 Å². The number of hydrogen-bond acceptors (Lipinski definition) is 0. The van der Waals surface area contributed by atoms with Crippen molar-refractivity contribution in [2.45, 2.75) is 32.6 Å². The standard InChI is InChI=1S/C27H23F3/c1-2-3-4-5-18-6-7-21-15-22(9-8-20(21)14-18)23-16-25(29)27(26(30)17-23)19-10-12-24(28)13-11-19/h6-17H,2-5H2,1H3. The monoisotopic (exact) mass is 404 g/mol. The van der Waals surface area contributed by atoms with Gasteiger partial charge in [0.25, 0.3) is 0 Å². The molecular formula is C27H23F3. The van der Waals surface area contributed by atoms with Crippen molar-refractivity contribution >= 4 is 10.8 Å². The molecule has 0 atom stereocenters. The largest absolute Gasteiger partial charge is 0.207 e. The first-order valence-corrected chi connectivity index (χ1v) is 10.3. The zero-order valence-corrected chi connectivity index (χ0v) is 16.9. The van der Waals surface area contributed by atoms with E-state index in [1.54, 1.807) is 0 Å². The third-order valence-corrected chi connectivity index (χ3v) is 5.48. The number of rotatable bonds is 6. The van der Waals surface area contributed by atoms with Gasteiger partial charge in [-0.05, 0) is 76.2 Å². The van der Waals surface area contributed by atoms with E-state index in [2.05, 4.69) is 25.1 Å². The van der Waals surface area contributed by atoms with E-state index in [9.17, 15) is 13.2 Å². The molecule has 0 unspecified atom stereocenters. The summed E-state index contributed by atoms with van der Waals surface area (Å²) in [5.41, 5.74) is 2.71. The molecule has 30 heavy (non-hydrogen) atoms. The SMILES string of the molecule is CCCCCc1ccc2cc(-c3cc(F)c(-c4ccc(F)cc4)c(F)c3)ccc2c1. The fraction of sp³-hybridized carbons (Fsp3) is 0.185. The van der Waals surface area contributed by atoms with Gasteiger partial charge < -0.3 is 0 Å². The highest BCUT2D eigenvalue weighted by Crippen LogP contribution is 2.32. The maximum Gasteiger partial charge on any atom is 0.134 e. The van der Waals surface area contributed by atoms with E-state index >= 15 is 0 Å². The molecule has 152 valence electrons. The van der Waals surface area contributed by atoms with Crippen LogP contribution >= 0.6 is 0 Å². The molecule has 0 amide bonds. The molecule has 3 heteroatoms. The Kier molecular flexibility index (Phi) is 5.89. The van der Waals surface area contributed by atoms with Crippen LogP contribution in [-0.4, -0.2) is 0 Å². The predicted molar refractivity (Wildman–Crippen MR) is 118 cm³/mol. The van der Waals surface area contributed by atoms with Gasteiger partial charge in [0.1, 0.15) is 17.5 Å². The van der Waals surface area contributed by atoms with Gasteiger partial charge in [0.15, 0.2) is 0 Å². The van der Waals surface area contributed by atoms with Gasteiger partial charge in [0.2, 0.25) is 0 Å². The second-order valence-electron chi connectivity index (χ2n) is 7.68. The third-order valence-electron chi connectivity index (χ3n) is 5.48. The van der Waals surface area contributed by atoms with Crippen molar-refractivity contribution in [3.8, 4) is 22.3 Å². The van der Waals surface area contributed by atoms with E-state index in [1.807, 2.05) is 18.2 Å². The summed E-state index contributed by atoms with van der Waals surface area (Å²) >= 11 is 0. The summed E-state index contributed by atoms with van der Waals surface area (Å²) < 4.78 is 42.7. The molecule has 0 saturated heterocycles. The number of benzene rings is 4. The lowest BCUT2D eigenvalue weighted by atomic mass is 9.96. The lowest BCUT2D eigenvalue weighted by Crippen LogP contribution is -1.93. The Hall–Kier alpha value is -3.07. The van der Waals surface area contributed by atoms with Gasteiger partial charge in [-0.1, -0.05) is 62.2 Å². The average Bonchev–Trinajstić information content (AvgIpc) is 2.74. The van der Waals surface area contributed by atoms with Crippen LogP contribution in [0.5, 0.6) is 0 Å². The number of fused-ring (bicyclic) bond motifs is 1. The summed E-state index contributed by atoms with van der Waals surface area (Å²) in [6.45, 7) is 2.19. The van der Waals surface area contributed by atoms with Crippen molar-refractivity contribution in [3.05, 3.63) is 95.8 Å². The van der Waals surface area contributed by atoms with Crippen LogP contribution in [0.2, 0.25) is 0 Å². The van der Waals surface area contributed by atoms with Crippen molar-refractivity contribution in [2.24, 2.45) is 0 Å². The van der Waals surface area contributed by atoms with Crippen LogP contribution in [0, 0.1) is 17.5 Å². The average molecular weight is 404 g/mol. The lowest BCUT2D eigenvalue weighted by Gasteiger charge is -2.10. The minimum absolute atomic E-state index is 0.142. The summed E-state index contributed by atoms with van der Waals surface area (Å²) in [5, 5.41) is 2.16. The maximum atomic E-state index is 14.8. The van der Waals surface area contributed by atoms with Crippen LogP contribution in [0.4, 0.5) is 13.2 Å². The zero-order chi connectivity index (χ0) is 21.1. The van der Waals surface area contributed by atoms with Gasteiger partial charge in [-0.25, -0.2) is 13.2 Å². The van der Waals surface area contributed by atoms with Crippen LogP contribution in [0.1, 0.15) is 31.7 Å². The molecule has 0 heterocycles. The predicted octanol–water partition coefficient (Wildman–Crippen LogP) is 8.32. The van der Waals surface area contributed by atoms with Crippen molar-refractivity contribution in [1.82, 2.24) is 0 Å². The summed E-state index contributed by atoms with van der Waals surface area (Å²) in [6.07, 6.45) is 4.66. The molecule has 4 aromatic rings. The molecule has 0 aliphatic rings. The summed E-state index contributed by atoms with van der Waals surface area (Å²) in [6, 6.07) is 20.1. The Morgan fingerprint density at radius 2 is 1.23 bits per heavy atom. The number of aryl methyl sites for hydroxylation is 1. The summed E-state index contributed by atoms with van der Waals surface area (Å²) in [7, 11) is 0. The van der Waals surface area contributed by atoms with Crippen molar-refractivity contribution in [3.63, 3.8) is 0 Å². The molecule has 0 fully saturated rings. The van der Waals surface area contributed by atoms with Gasteiger partial charge in [0.05, 0.1) is 5.56 Å². The molecule has 0 nitrogen and oxygen atoms in total. The van der Waals surface area contributed by atoms with Crippen LogP contribution in [0.15, 0.2) is 72.8 Å². The second-order valence-corrected chi connectivity index (χ2v) is 7.68. The molecule has 0 aliphatic carbocycles. The molecule has 0 spiro atoms. The van der Waals surface area contributed by atoms with E-state index in [0.717, 1.165) is 22.8 Å². The normalized spacial score (nSPS) is 11.2. The molecule has 0 N–H and O–H groups in total. The number of hydrogen-bond donors (Lipinski definition) is 0. The summed E-state index contributed by atoms with van der Waals surface area (Å²) in [4.78, 5) is 0.